The third-order valence-electron chi connectivity index (χ3n) is 2.53. The normalized spacial score (nSPS) is 10.4. The van der Waals surface area contributed by atoms with E-state index >= 15 is 0 Å². The number of methoxy groups -OCH3 is 1. The summed E-state index contributed by atoms with van der Waals surface area (Å²) in [5, 5.41) is 1.96. The summed E-state index contributed by atoms with van der Waals surface area (Å²) in [4.78, 5) is 12.0. The number of thiophene rings is 1. The SMILES string of the molecule is COCc1ccccc1C(=O)OCc1csc(Br)c1. The zero-order chi connectivity index (χ0) is 13.7. The van der Waals surface area contributed by atoms with Crippen molar-refractivity contribution in [2.24, 2.45) is 0 Å². The molecule has 0 saturated carbocycles. The van der Waals surface area contributed by atoms with Crippen molar-refractivity contribution in [3.05, 3.63) is 56.2 Å². The highest BCUT2D eigenvalue weighted by atomic mass is 79.9. The Hall–Kier alpha value is -1.17. The van der Waals surface area contributed by atoms with Crippen LogP contribution in [0.2, 0.25) is 0 Å². The predicted molar refractivity (Wildman–Crippen MR) is 78.3 cm³/mol. The van der Waals surface area contributed by atoms with Crippen LogP contribution in [-0.2, 0) is 22.7 Å². The molecule has 0 bridgehead atoms. The molecular formula is C14H13BrO3S. The van der Waals surface area contributed by atoms with Crippen LogP contribution in [0.4, 0.5) is 0 Å². The molecule has 0 aliphatic carbocycles. The molecule has 0 unspecified atom stereocenters. The molecule has 0 spiro atoms. The van der Waals surface area contributed by atoms with Crippen molar-refractivity contribution in [2.45, 2.75) is 13.2 Å². The molecule has 0 saturated heterocycles. The summed E-state index contributed by atoms with van der Waals surface area (Å²) in [6.07, 6.45) is 0. The zero-order valence-electron chi connectivity index (χ0n) is 10.4. The molecule has 0 amide bonds. The minimum Gasteiger partial charge on any atom is -0.457 e. The molecule has 0 radical (unpaired) electrons. The van der Waals surface area contributed by atoms with Gasteiger partial charge in [0.1, 0.15) is 6.61 Å². The molecule has 100 valence electrons. The largest absolute Gasteiger partial charge is 0.457 e. The fourth-order valence-electron chi connectivity index (χ4n) is 1.65. The van der Waals surface area contributed by atoms with E-state index in [4.69, 9.17) is 9.47 Å². The van der Waals surface area contributed by atoms with Crippen LogP contribution < -0.4 is 0 Å². The number of hydrogen-bond acceptors (Lipinski definition) is 4. The van der Waals surface area contributed by atoms with Crippen LogP contribution in [0.5, 0.6) is 0 Å². The molecule has 0 fully saturated rings. The lowest BCUT2D eigenvalue weighted by Gasteiger charge is -2.08. The zero-order valence-corrected chi connectivity index (χ0v) is 12.8. The Bertz CT molecular complexity index is 565. The molecule has 2 aromatic rings. The maximum Gasteiger partial charge on any atom is 0.338 e. The second-order valence-electron chi connectivity index (χ2n) is 3.93. The Balaban J connectivity index is 2.03. The minimum atomic E-state index is -0.324. The smallest absolute Gasteiger partial charge is 0.338 e. The summed E-state index contributed by atoms with van der Waals surface area (Å²) in [6.45, 7) is 0.678. The lowest BCUT2D eigenvalue weighted by Crippen LogP contribution is -2.08. The van der Waals surface area contributed by atoms with E-state index in [1.54, 1.807) is 24.5 Å². The van der Waals surface area contributed by atoms with Crippen molar-refractivity contribution in [1.82, 2.24) is 0 Å². The van der Waals surface area contributed by atoms with Gasteiger partial charge in [0.2, 0.25) is 0 Å². The number of carbonyl (C=O) groups is 1. The summed E-state index contributed by atoms with van der Waals surface area (Å²) >= 11 is 4.95. The van der Waals surface area contributed by atoms with Gasteiger partial charge in [0.25, 0.3) is 0 Å². The average molecular weight is 341 g/mol. The lowest BCUT2D eigenvalue weighted by atomic mass is 10.1. The molecular weight excluding hydrogens is 328 g/mol. The monoisotopic (exact) mass is 340 g/mol. The predicted octanol–water partition coefficient (Wildman–Crippen LogP) is 4.01. The van der Waals surface area contributed by atoms with Crippen molar-refractivity contribution in [1.29, 1.82) is 0 Å². The van der Waals surface area contributed by atoms with Crippen LogP contribution in [0.15, 0.2) is 39.5 Å². The standard InChI is InChI=1S/C14H13BrO3S/c1-17-8-11-4-2-3-5-12(11)14(16)18-7-10-6-13(15)19-9-10/h2-6,9H,7-8H2,1H3. The van der Waals surface area contributed by atoms with Crippen LogP contribution in [0, 0.1) is 0 Å². The first-order valence-corrected chi connectivity index (χ1v) is 7.35. The Morgan fingerprint density at radius 3 is 2.79 bits per heavy atom. The molecule has 3 nitrogen and oxygen atoms in total. The van der Waals surface area contributed by atoms with E-state index in [-0.39, 0.29) is 12.6 Å². The minimum absolute atomic E-state index is 0.280. The Kier molecular flexibility index (Phi) is 5.13. The van der Waals surface area contributed by atoms with Crippen molar-refractivity contribution in [3.63, 3.8) is 0 Å². The van der Waals surface area contributed by atoms with E-state index in [9.17, 15) is 4.79 Å². The first-order valence-electron chi connectivity index (χ1n) is 5.67. The molecule has 1 aromatic carbocycles. The summed E-state index contributed by atoms with van der Waals surface area (Å²) in [5.74, 6) is -0.324. The highest BCUT2D eigenvalue weighted by molar-refractivity contribution is 9.11. The van der Waals surface area contributed by atoms with Crippen LogP contribution in [-0.4, -0.2) is 13.1 Å². The van der Waals surface area contributed by atoms with Gasteiger partial charge in [-0.15, -0.1) is 11.3 Å². The third-order valence-corrected chi connectivity index (χ3v) is 4.08. The lowest BCUT2D eigenvalue weighted by molar-refractivity contribution is 0.0468. The molecule has 5 heteroatoms. The van der Waals surface area contributed by atoms with Gasteiger partial charge in [-0.3, -0.25) is 0 Å². The third kappa shape index (κ3) is 3.89. The highest BCUT2D eigenvalue weighted by Gasteiger charge is 2.12. The van der Waals surface area contributed by atoms with Gasteiger partial charge in [0.15, 0.2) is 0 Å². The van der Waals surface area contributed by atoms with Gasteiger partial charge in [0.05, 0.1) is 16.0 Å². The van der Waals surface area contributed by atoms with Crippen LogP contribution in [0.3, 0.4) is 0 Å². The first-order chi connectivity index (χ1) is 9.20. The number of hydrogen-bond donors (Lipinski definition) is 0. The van der Waals surface area contributed by atoms with E-state index in [1.807, 2.05) is 29.6 Å². The maximum absolute atomic E-state index is 12.0. The average Bonchev–Trinajstić information content (AvgIpc) is 2.83. The highest BCUT2D eigenvalue weighted by Crippen LogP contribution is 2.21. The van der Waals surface area contributed by atoms with Crippen LogP contribution >= 0.6 is 27.3 Å². The number of halogens is 1. The first kappa shape index (κ1) is 14.2. The van der Waals surface area contributed by atoms with E-state index in [0.29, 0.717) is 12.2 Å². The summed E-state index contributed by atoms with van der Waals surface area (Å²) in [5.41, 5.74) is 2.37. The molecule has 0 atom stereocenters. The second kappa shape index (κ2) is 6.84. The maximum atomic E-state index is 12.0. The van der Waals surface area contributed by atoms with E-state index in [0.717, 1.165) is 14.9 Å². The number of esters is 1. The number of carbonyl (C=O) groups excluding carboxylic acids is 1. The summed E-state index contributed by atoms with van der Waals surface area (Å²) in [7, 11) is 1.60. The summed E-state index contributed by atoms with van der Waals surface area (Å²) in [6, 6.07) is 9.25. The van der Waals surface area contributed by atoms with Gasteiger partial charge in [-0.05, 0) is 39.0 Å². The van der Waals surface area contributed by atoms with Gasteiger partial charge in [0, 0.05) is 12.7 Å². The van der Waals surface area contributed by atoms with Gasteiger partial charge in [-0.1, -0.05) is 18.2 Å². The van der Waals surface area contributed by atoms with E-state index in [1.165, 1.54) is 0 Å². The fourth-order valence-corrected chi connectivity index (χ4v) is 2.84. The van der Waals surface area contributed by atoms with E-state index in [2.05, 4.69) is 15.9 Å². The summed E-state index contributed by atoms with van der Waals surface area (Å²) < 4.78 is 11.4. The molecule has 0 aliphatic heterocycles. The molecule has 2 rings (SSSR count). The second-order valence-corrected chi connectivity index (χ2v) is 6.22. The van der Waals surface area contributed by atoms with Crippen LogP contribution in [0.1, 0.15) is 21.5 Å². The fraction of sp³-hybridized carbons (Fsp3) is 0.214. The van der Waals surface area contributed by atoms with Gasteiger partial charge >= 0.3 is 5.97 Å². The van der Waals surface area contributed by atoms with Gasteiger partial charge in [-0.25, -0.2) is 4.79 Å². The number of ether oxygens (including phenoxy) is 2. The Morgan fingerprint density at radius 2 is 2.11 bits per heavy atom. The van der Waals surface area contributed by atoms with E-state index < -0.39 is 0 Å². The van der Waals surface area contributed by atoms with Crippen molar-refractivity contribution >= 4 is 33.2 Å². The number of rotatable bonds is 5. The molecule has 0 aliphatic rings. The van der Waals surface area contributed by atoms with Gasteiger partial charge in [-0.2, -0.15) is 0 Å². The molecule has 1 heterocycles. The van der Waals surface area contributed by atoms with Crippen LogP contribution in [0.25, 0.3) is 0 Å². The van der Waals surface area contributed by atoms with Crippen molar-refractivity contribution in [2.75, 3.05) is 7.11 Å². The van der Waals surface area contributed by atoms with Crippen molar-refractivity contribution in [3.8, 4) is 0 Å². The Morgan fingerprint density at radius 1 is 1.32 bits per heavy atom. The van der Waals surface area contributed by atoms with Gasteiger partial charge < -0.3 is 9.47 Å². The topological polar surface area (TPSA) is 35.5 Å². The number of benzene rings is 1. The Labute approximate surface area is 124 Å². The van der Waals surface area contributed by atoms with Crippen molar-refractivity contribution < 1.29 is 14.3 Å². The molecule has 0 N–H and O–H groups in total. The molecule has 19 heavy (non-hydrogen) atoms. The quantitative estimate of drug-likeness (QED) is 0.771. The molecule has 1 aromatic heterocycles.